The number of benzene rings is 2. The van der Waals surface area contributed by atoms with Gasteiger partial charge in [0.1, 0.15) is 11.5 Å². The van der Waals surface area contributed by atoms with Crippen molar-refractivity contribution in [3.63, 3.8) is 0 Å². The van der Waals surface area contributed by atoms with E-state index in [4.69, 9.17) is 21.1 Å². The fourth-order valence-electron chi connectivity index (χ4n) is 2.59. The predicted molar refractivity (Wildman–Crippen MR) is 105 cm³/mol. The summed E-state index contributed by atoms with van der Waals surface area (Å²) in [5.74, 6) is 0.930. The number of nitrogens with zero attached hydrogens (tertiary/aromatic N) is 1. The first-order valence-electron chi connectivity index (χ1n) is 8.45. The van der Waals surface area contributed by atoms with E-state index in [0.717, 1.165) is 5.56 Å². The second kappa shape index (κ2) is 9.83. The minimum Gasteiger partial charge on any atom is -0.496 e. The van der Waals surface area contributed by atoms with Crippen LogP contribution in [0, 0.1) is 0 Å². The van der Waals surface area contributed by atoms with Crippen LogP contribution in [0.2, 0.25) is 5.02 Å². The fraction of sp³-hybridized carbons (Fsp3) is 0.300. The molecule has 0 heterocycles. The lowest BCUT2D eigenvalue weighted by molar-refractivity contribution is -0.129. The summed E-state index contributed by atoms with van der Waals surface area (Å²) in [6.45, 7) is 2.15. The molecule has 0 aromatic heterocycles. The van der Waals surface area contributed by atoms with Crippen molar-refractivity contribution < 1.29 is 19.1 Å². The number of rotatable bonds is 8. The van der Waals surface area contributed by atoms with E-state index in [1.807, 2.05) is 24.3 Å². The van der Waals surface area contributed by atoms with Gasteiger partial charge in [-0.1, -0.05) is 29.8 Å². The van der Waals surface area contributed by atoms with Gasteiger partial charge in [-0.2, -0.15) is 0 Å². The Hall–Kier alpha value is -2.73. The normalized spacial score (nSPS) is 10.2. The Labute approximate surface area is 164 Å². The van der Waals surface area contributed by atoms with Gasteiger partial charge in [0.25, 0.3) is 0 Å². The minimum absolute atomic E-state index is 0.110. The van der Waals surface area contributed by atoms with Crippen LogP contribution >= 0.6 is 11.6 Å². The van der Waals surface area contributed by atoms with E-state index >= 15 is 0 Å². The highest BCUT2D eigenvalue weighted by Gasteiger charge is 2.14. The van der Waals surface area contributed by atoms with Gasteiger partial charge in [0, 0.05) is 37.7 Å². The van der Waals surface area contributed by atoms with Gasteiger partial charge in [0.05, 0.1) is 19.2 Å². The van der Waals surface area contributed by atoms with Crippen LogP contribution in [-0.4, -0.2) is 37.5 Å². The van der Waals surface area contributed by atoms with E-state index in [1.165, 1.54) is 14.0 Å². The monoisotopic (exact) mass is 390 g/mol. The number of hydrogen-bond acceptors (Lipinski definition) is 4. The quantitative estimate of drug-likeness (QED) is 0.745. The first kappa shape index (κ1) is 20.6. The lowest BCUT2D eigenvalue weighted by Gasteiger charge is -2.22. The highest BCUT2D eigenvalue weighted by Crippen LogP contribution is 2.27. The van der Waals surface area contributed by atoms with Crippen LogP contribution < -0.4 is 14.8 Å². The molecule has 6 nitrogen and oxygen atoms in total. The zero-order chi connectivity index (χ0) is 19.8. The van der Waals surface area contributed by atoms with Gasteiger partial charge in [0.2, 0.25) is 11.8 Å². The molecule has 0 aliphatic rings. The van der Waals surface area contributed by atoms with E-state index in [1.54, 1.807) is 30.2 Å². The topological polar surface area (TPSA) is 67.9 Å². The zero-order valence-electron chi connectivity index (χ0n) is 15.6. The number of carbonyl (C=O) groups excluding carboxylic acids is 2. The van der Waals surface area contributed by atoms with Crippen LogP contribution in [0.25, 0.3) is 0 Å². The third-order valence-corrected chi connectivity index (χ3v) is 4.34. The van der Waals surface area contributed by atoms with Gasteiger partial charge in [-0.05, 0) is 24.3 Å². The number of carbonyl (C=O) groups is 2. The summed E-state index contributed by atoms with van der Waals surface area (Å²) in [7, 11) is 3.11. The molecule has 0 aliphatic carbocycles. The maximum atomic E-state index is 12.2. The molecule has 0 bridgehead atoms. The average molecular weight is 391 g/mol. The molecule has 0 unspecified atom stereocenters. The zero-order valence-corrected chi connectivity index (χ0v) is 16.4. The van der Waals surface area contributed by atoms with E-state index < -0.39 is 0 Å². The van der Waals surface area contributed by atoms with Crippen LogP contribution in [0.5, 0.6) is 11.5 Å². The second-order valence-electron chi connectivity index (χ2n) is 5.90. The van der Waals surface area contributed by atoms with Crippen LogP contribution in [0.1, 0.15) is 18.9 Å². The molecule has 0 spiro atoms. The molecule has 2 aromatic carbocycles. The Kier molecular flexibility index (Phi) is 7.49. The average Bonchev–Trinajstić information content (AvgIpc) is 2.65. The molecule has 0 aliphatic heterocycles. The van der Waals surface area contributed by atoms with E-state index in [0.29, 0.717) is 35.3 Å². The Bertz CT molecular complexity index is 810. The molecule has 0 saturated carbocycles. The molecular weight excluding hydrogens is 368 g/mol. The maximum Gasteiger partial charge on any atom is 0.226 e. The molecule has 0 radical (unpaired) electrons. The van der Waals surface area contributed by atoms with Crippen molar-refractivity contribution in [2.24, 2.45) is 0 Å². The number of para-hydroxylation sites is 1. The third kappa shape index (κ3) is 5.89. The summed E-state index contributed by atoms with van der Waals surface area (Å²) in [6, 6.07) is 12.5. The summed E-state index contributed by atoms with van der Waals surface area (Å²) in [4.78, 5) is 25.8. The predicted octanol–water partition coefficient (Wildman–Crippen LogP) is 3.73. The number of halogens is 1. The summed E-state index contributed by atoms with van der Waals surface area (Å²) in [5.41, 5.74) is 1.46. The van der Waals surface area contributed by atoms with Crippen molar-refractivity contribution in [3.8, 4) is 11.5 Å². The third-order valence-electron chi connectivity index (χ3n) is 4.04. The Morgan fingerprint density at radius 1 is 1.07 bits per heavy atom. The molecule has 0 saturated heterocycles. The maximum absolute atomic E-state index is 12.2. The Balaban J connectivity index is 1.96. The standard InChI is InChI=1S/C20H23ClN2O4/c1-14(24)23(13-15-6-4-5-7-18(15)26-2)11-10-20(25)22-16-8-9-19(27-3)17(21)12-16/h4-9,12H,10-11,13H2,1-3H3,(H,22,25). The summed E-state index contributed by atoms with van der Waals surface area (Å²) in [6.07, 6.45) is 0.165. The van der Waals surface area contributed by atoms with Crippen LogP contribution in [0.4, 0.5) is 5.69 Å². The van der Waals surface area contributed by atoms with E-state index in [2.05, 4.69) is 5.32 Å². The molecule has 144 valence electrons. The van der Waals surface area contributed by atoms with Crippen molar-refractivity contribution in [1.29, 1.82) is 0 Å². The lowest BCUT2D eigenvalue weighted by Crippen LogP contribution is -2.31. The van der Waals surface area contributed by atoms with Gasteiger partial charge >= 0.3 is 0 Å². The van der Waals surface area contributed by atoms with Crippen LogP contribution in [0.15, 0.2) is 42.5 Å². The van der Waals surface area contributed by atoms with Gasteiger partial charge < -0.3 is 19.7 Å². The summed E-state index contributed by atoms with van der Waals surface area (Å²) in [5, 5.41) is 3.19. The van der Waals surface area contributed by atoms with Crippen molar-refractivity contribution in [1.82, 2.24) is 4.90 Å². The van der Waals surface area contributed by atoms with Gasteiger partial charge in [-0.25, -0.2) is 0 Å². The van der Waals surface area contributed by atoms with Crippen LogP contribution in [-0.2, 0) is 16.1 Å². The number of hydrogen-bond donors (Lipinski definition) is 1. The molecular formula is C20H23ClN2O4. The van der Waals surface area contributed by atoms with Crippen molar-refractivity contribution in [2.75, 3.05) is 26.1 Å². The SMILES string of the molecule is COc1ccc(NC(=O)CCN(Cc2ccccc2OC)C(C)=O)cc1Cl. The van der Waals surface area contributed by atoms with Gasteiger partial charge in [0.15, 0.2) is 0 Å². The smallest absolute Gasteiger partial charge is 0.226 e. The second-order valence-corrected chi connectivity index (χ2v) is 6.31. The molecule has 27 heavy (non-hydrogen) atoms. The highest BCUT2D eigenvalue weighted by molar-refractivity contribution is 6.32. The number of nitrogens with one attached hydrogen (secondary N) is 1. The van der Waals surface area contributed by atoms with E-state index in [-0.39, 0.29) is 18.2 Å². The number of anilines is 1. The molecule has 2 rings (SSSR count). The lowest BCUT2D eigenvalue weighted by atomic mass is 10.2. The highest BCUT2D eigenvalue weighted by atomic mass is 35.5. The van der Waals surface area contributed by atoms with Crippen molar-refractivity contribution >= 4 is 29.1 Å². The van der Waals surface area contributed by atoms with Gasteiger partial charge in [-0.15, -0.1) is 0 Å². The fourth-order valence-corrected chi connectivity index (χ4v) is 2.85. The summed E-state index contributed by atoms with van der Waals surface area (Å²) >= 11 is 6.06. The molecule has 0 atom stereocenters. The van der Waals surface area contributed by atoms with Crippen LogP contribution in [0.3, 0.4) is 0 Å². The number of methoxy groups -OCH3 is 2. The molecule has 7 heteroatoms. The molecule has 0 fully saturated rings. The molecule has 2 amide bonds. The first-order valence-corrected chi connectivity index (χ1v) is 8.83. The van der Waals surface area contributed by atoms with Gasteiger partial charge in [-0.3, -0.25) is 9.59 Å². The Morgan fingerprint density at radius 3 is 2.41 bits per heavy atom. The molecule has 2 aromatic rings. The minimum atomic E-state index is -0.206. The summed E-state index contributed by atoms with van der Waals surface area (Å²) < 4.78 is 10.4. The first-order chi connectivity index (χ1) is 12.9. The van der Waals surface area contributed by atoms with E-state index in [9.17, 15) is 9.59 Å². The number of ether oxygens (including phenoxy) is 2. The Morgan fingerprint density at radius 2 is 1.78 bits per heavy atom. The van der Waals surface area contributed by atoms with Crippen molar-refractivity contribution in [2.45, 2.75) is 19.9 Å². The molecule has 1 N–H and O–H groups in total. The number of amides is 2. The van der Waals surface area contributed by atoms with Crippen molar-refractivity contribution in [3.05, 3.63) is 53.1 Å². The largest absolute Gasteiger partial charge is 0.496 e.